The number of nitrogen functional groups attached to an aromatic ring is 1. The van der Waals surface area contributed by atoms with Gasteiger partial charge in [-0.2, -0.15) is 0 Å². The Hall–Kier alpha value is -1.58. The van der Waals surface area contributed by atoms with Crippen molar-refractivity contribution in [2.45, 2.75) is 27.3 Å². The number of rotatable bonds is 4. The molecule has 4 nitrogen and oxygen atoms in total. The van der Waals surface area contributed by atoms with Gasteiger partial charge in [0, 0.05) is 12.1 Å². The van der Waals surface area contributed by atoms with Crippen LogP contribution in [0.2, 0.25) is 0 Å². The van der Waals surface area contributed by atoms with Crippen molar-refractivity contribution < 1.29 is 4.79 Å². The van der Waals surface area contributed by atoms with Crippen LogP contribution >= 0.6 is 0 Å². The van der Waals surface area contributed by atoms with Gasteiger partial charge in [-0.05, 0) is 18.1 Å². The van der Waals surface area contributed by atoms with Gasteiger partial charge in [0.15, 0.2) is 0 Å². The maximum absolute atomic E-state index is 11.7. The zero-order valence-electron chi connectivity index (χ0n) is 10.0. The Bertz CT molecular complexity index is 363. The smallest absolute Gasteiger partial charge is 0.223 e. The van der Waals surface area contributed by atoms with E-state index in [0.717, 1.165) is 0 Å². The molecule has 1 atom stereocenters. The van der Waals surface area contributed by atoms with Crippen molar-refractivity contribution in [2.24, 2.45) is 11.8 Å². The van der Waals surface area contributed by atoms with Crippen LogP contribution in [-0.2, 0) is 11.3 Å². The van der Waals surface area contributed by atoms with Crippen molar-refractivity contribution in [2.75, 3.05) is 5.73 Å². The third kappa shape index (κ3) is 3.22. The number of nitrogens with two attached hydrogens (primary N) is 1. The SMILES string of the molecule is CC(C)C(C)C(=O)NCc1ncccc1N. The number of amides is 1. The summed E-state index contributed by atoms with van der Waals surface area (Å²) in [6.45, 7) is 6.36. The Labute approximate surface area is 96.3 Å². The zero-order chi connectivity index (χ0) is 12.1. The highest BCUT2D eigenvalue weighted by Gasteiger charge is 2.16. The maximum atomic E-state index is 11.7. The molecule has 0 saturated heterocycles. The maximum Gasteiger partial charge on any atom is 0.223 e. The van der Waals surface area contributed by atoms with Crippen LogP contribution in [0.15, 0.2) is 18.3 Å². The third-order valence-corrected chi connectivity index (χ3v) is 2.77. The van der Waals surface area contributed by atoms with Gasteiger partial charge in [-0.15, -0.1) is 0 Å². The van der Waals surface area contributed by atoms with Gasteiger partial charge in [0.2, 0.25) is 5.91 Å². The first-order valence-electron chi connectivity index (χ1n) is 5.49. The molecule has 0 radical (unpaired) electrons. The number of carbonyl (C=O) groups excluding carboxylic acids is 1. The Morgan fingerprint density at radius 3 is 2.75 bits per heavy atom. The van der Waals surface area contributed by atoms with Crippen LogP contribution in [0.3, 0.4) is 0 Å². The minimum Gasteiger partial charge on any atom is -0.397 e. The average molecular weight is 221 g/mol. The van der Waals surface area contributed by atoms with E-state index in [0.29, 0.717) is 23.8 Å². The number of nitrogens with zero attached hydrogens (tertiary/aromatic N) is 1. The summed E-state index contributed by atoms with van der Waals surface area (Å²) in [5.74, 6) is 0.381. The molecule has 0 aliphatic rings. The highest BCUT2D eigenvalue weighted by atomic mass is 16.1. The highest BCUT2D eigenvalue weighted by molar-refractivity contribution is 5.78. The summed E-state index contributed by atoms with van der Waals surface area (Å²) in [5.41, 5.74) is 7.05. The molecule has 1 aromatic heterocycles. The van der Waals surface area contributed by atoms with E-state index in [1.807, 2.05) is 20.8 Å². The van der Waals surface area contributed by atoms with Crippen LogP contribution in [0.5, 0.6) is 0 Å². The molecule has 0 aliphatic carbocycles. The Kier molecular flexibility index (Phi) is 4.28. The molecule has 1 amide bonds. The van der Waals surface area contributed by atoms with Gasteiger partial charge >= 0.3 is 0 Å². The first kappa shape index (κ1) is 12.5. The lowest BCUT2D eigenvalue weighted by Crippen LogP contribution is -2.31. The van der Waals surface area contributed by atoms with Gasteiger partial charge in [-0.1, -0.05) is 20.8 Å². The molecule has 16 heavy (non-hydrogen) atoms. The number of carbonyl (C=O) groups is 1. The average Bonchev–Trinajstić information content (AvgIpc) is 2.26. The van der Waals surface area contributed by atoms with E-state index in [9.17, 15) is 4.79 Å². The van der Waals surface area contributed by atoms with Crippen LogP contribution in [0.4, 0.5) is 5.69 Å². The summed E-state index contributed by atoms with van der Waals surface area (Å²) in [7, 11) is 0. The van der Waals surface area contributed by atoms with Crippen molar-refractivity contribution in [1.82, 2.24) is 10.3 Å². The summed E-state index contributed by atoms with van der Waals surface area (Å²) in [4.78, 5) is 15.8. The van der Waals surface area contributed by atoms with Crippen LogP contribution in [0, 0.1) is 11.8 Å². The standard InChI is InChI=1S/C12H19N3O/c1-8(2)9(3)12(16)15-7-11-10(13)5-4-6-14-11/h4-6,8-9H,7,13H2,1-3H3,(H,15,16). The molecule has 3 N–H and O–H groups in total. The second-order valence-corrected chi connectivity index (χ2v) is 4.29. The van der Waals surface area contributed by atoms with Crippen LogP contribution in [0.1, 0.15) is 26.5 Å². The Morgan fingerprint density at radius 1 is 1.50 bits per heavy atom. The summed E-state index contributed by atoms with van der Waals surface area (Å²) < 4.78 is 0. The third-order valence-electron chi connectivity index (χ3n) is 2.77. The molecule has 0 bridgehead atoms. The normalized spacial score (nSPS) is 12.5. The first-order chi connectivity index (χ1) is 7.52. The minimum atomic E-state index is 0.00457. The molecule has 1 rings (SSSR count). The quantitative estimate of drug-likeness (QED) is 0.811. The number of nitrogens with one attached hydrogen (secondary N) is 1. The van der Waals surface area contributed by atoms with Crippen LogP contribution in [-0.4, -0.2) is 10.9 Å². The van der Waals surface area contributed by atoms with E-state index in [1.54, 1.807) is 18.3 Å². The van der Waals surface area contributed by atoms with E-state index in [4.69, 9.17) is 5.73 Å². The fraction of sp³-hybridized carbons (Fsp3) is 0.500. The van der Waals surface area contributed by atoms with E-state index >= 15 is 0 Å². The summed E-state index contributed by atoms with van der Waals surface area (Å²) in [5, 5.41) is 2.84. The Morgan fingerprint density at radius 2 is 2.19 bits per heavy atom. The number of hydrogen-bond acceptors (Lipinski definition) is 3. The van der Waals surface area contributed by atoms with Crippen molar-refractivity contribution >= 4 is 11.6 Å². The zero-order valence-corrected chi connectivity index (χ0v) is 10.0. The van der Waals surface area contributed by atoms with Crippen LogP contribution < -0.4 is 11.1 Å². The fourth-order valence-electron chi connectivity index (χ4n) is 1.23. The summed E-state index contributed by atoms with van der Waals surface area (Å²) >= 11 is 0. The van der Waals surface area contributed by atoms with Crippen molar-refractivity contribution in [1.29, 1.82) is 0 Å². The number of hydrogen-bond donors (Lipinski definition) is 2. The van der Waals surface area contributed by atoms with E-state index in [1.165, 1.54) is 0 Å². The molecule has 4 heteroatoms. The first-order valence-corrected chi connectivity index (χ1v) is 5.49. The van der Waals surface area contributed by atoms with E-state index < -0.39 is 0 Å². The highest BCUT2D eigenvalue weighted by Crippen LogP contribution is 2.10. The topological polar surface area (TPSA) is 68.0 Å². The van der Waals surface area contributed by atoms with Crippen molar-refractivity contribution in [3.63, 3.8) is 0 Å². The molecule has 1 aromatic rings. The molecule has 1 heterocycles. The van der Waals surface area contributed by atoms with Crippen LogP contribution in [0.25, 0.3) is 0 Å². The largest absolute Gasteiger partial charge is 0.397 e. The molecule has 0 saturated carbocycles. The van der Waals surface area contributed by atoms with Gasteiger partial charge in [0.1, 0.15) is 0 Å². The number of anilines is 1. The molecule has 1 unspecified atom stereocenters. The summed E-state index contributed by atoms with van der Waals surface area (Å²) in [6, 6.07) is 3.55. The van der Waals surface area contributed by atoms with Crippen molar-refractivity contribution in [3.8, 4) is 0 Å². The van der Waals surface area contributed by atoms with Gasteiger partial charge in [0.25, 0.3) is 0 Å². The number of aromatic nitrogens is 1. The second kappa shape index (κ2) is 5.49. The predicted octanol–water partition coefficient (Wildman–Crippen LogP) is 1.57. The number of pyridine rings is 1. The second-order valence-electron chi connectivity index (χ2n) is 4.29. The van der Waals surface area contributed by atoms with E-state index in [-0.39, 0.29) is 11.8 Å². The minimum absolute atomic E-state index is 0.00457. The van der Waals surface area contributed by atoms with Gasteiger partial charge in [-0.25, -0.2) is 0 Å². The molecule has 0 spiro atoms. The lowest BCUT2D eigenvalue weighted by molar-refractivity contribution is -0.125. The molecule has 0 fully saturated rings. The van der Waals surface area contributed by atoms with Gasteiger partial charge in [0.05, 0.1) is 17.9 Å². The van der Waals surface area contributed by atoms with E-state index in [2.05, 4.69) is 10.3 Å². The molecule has 0 aliphatic heterocycles. The lowest BCUT2D eigenvalue weighted by Gasteiger charge is -2.15. The predicted molar refractivity (Wildman–Crippen MR) is 64.5 cm³/mol. The van der Waals surface area contributed by atoms with Gasteiger partial charge < -0.3 is 11.1 Å². The monoisotopic (exact) mass is 221 g/mol. The fourth-order valence-corrected chi connectivity index (χ4v) is 1.23. The summed E-state index contributed by atoms with van der Waals surface area (Å²) in [6.07, 6.45) is 1.67. The Balaban J connectivity index is 2.52. The van der Waals surface area contributed by atoms with Crippen molar-refractivity contribution in [3.05, 3.63) is 24.0 Å². The lowest BCUT2D eigenvalue weighted by atomic mass is 9.97. The van der Waals surface area contributed by atoms with Gasteiger partial charge in [-0.3, -0.25) is 9.78 Å². The molecule has 88 valence electrons. The molecular weight excluding hydrogens is 202 g/mol. The molecular formula is C12H19N3O. The molecule has 0 aromatic carbocycles.